The third kappa shape index (κ3) is 4.01. The van der Waals surface area contributed by atoms with Crippen LogP contribution in [-0.2, 0) is 11.3 Å². The smallest absolute Gasteiger partial charge is 0.168 e. The molecule has 140 valence electrons. The maximum atomic E-state index is 13.1. The van der Waals surface area contributed by atoms with Crippen molar-refractivity contribution in [2.75, 3.05) is 13.1 Å². The van der Waals surface area contributed by atoms with Gasteiger partial charge in [0.1, 0.15) is 5.82 Å². The van der Waals surface area contributed by atoms with Gasteiger partial charge in [-0.15, -0.1) is 0 Å². The van der Waals surface area contributed by atoms with Gasteiger partial charge in [0, 0.05) is 37.0 Å². The summed E-state index contributed by atoms with van der Waals surface area (Å²) in [5, 5.41) is 0. The molecule has 2 fully saturated rings. The topological polar surface area (TPSA) is 23.6 Å². The Balaban J connectivity index is 2.03. The van der Waals surface area contributed by atoms with Gasteiger partial charge in [-0.3, -0.25) is 4.79 Å². The third-order valence-electron chi connectivity index (χ3n) is 5.30. The highest BCUT2D eigenvalue weighted by molar-refractivity contribution is 7.81. The summed E-state index contributed by atoms with van der Waals surface area (Å²) in [5.41, 5.74) is 2.05. The molecule has 0 bridgehead atoms. The van der Waals surface area contributed by atoms with Crippen LogP contribution in [-0.4, -0.2) is 39.6 Å². The second-order valence-corrected chi connectivity index (χ2v) is 9.10. The molecule has 0 atom stereocenters. The Morgan fingerprint density at radius 2 is 1.81 bits per heavy atom. The van der Waals surface area contributed by atoms with Crippen molar-refractivity contribution in [3.05, 3.63) is 47.3 Å². The Bertz CT molecular complexity index is 699. The van der Waals surface area contributed by atoms with Crippen LogP contribution in [0.1, 0.15) is 52.5 Å². The fourth-order valence-electron chi connectivity index (χ4n) is 4.10. The van der Waals surface area contributed by atoms with Gasteiger partial charge in [-0.2, -0.15) is 0 Å². The third-order valence-corrected chi connectivity index (χ3v) is 5.65. The van der Waals surface area contributed by atoms with Crippen LogP contribution in [0.4, 0.5) is 0 Å². The first-order valence-corrected chi connectivity index (χ1v) is 10.1. The van der Waals surface area contributed by atoms with Crippen molar-refractivity contribution >= 4 is 22.9 Å². The van der Waals surface area contributed by atoms with Gasteiger partial charge >= 0.3 is 0 Å². The van der Waals surface area contributed by atoms with Gasteiger partial charge in [0.25, 0.3) is 0 Å². The van der Waals surface area contributed by atoms with E-state index in [9.17, 15) is 4.79 Å². The van der Waals surface area contributed by atoms with Gasteiger partial charge in [0.05, 0.1) is 5.57 Å². The predicted octanol–water partition coefficient (Wildman–Crippen LogP) is 4.57. The molecular weight excluding hydrogens is 340 g/mol. The Kier molecular flexibility index (Phi) is 5.52. The maximum Gasteiger partial charge on any atom is 0.168 e. The molecule has 1 aromatic carbocycles. The highest BCUT2D eigenvalue weighted by Crippen LogP contribution is 2.38. The van der Waals surface area contributed by atoms with Gasteiger partial charge in [-0.1, -0.05) is 56.4 Å². The molecule has 1 aromatic rings. The van der Waals surface area contributed by atoms with Crippen molar-refractivity contribution in [2.24, 2.45) is 5.41 Å². The van der Waals surface area contributed by atoms with Gasteiger partial charge in [-0.05, 0) is 37.7 Å². The first kappa shape index (κ1) is 19.1. The number of ketones is 1. The average molecular weight is 371 g/mol. The summed E-state index contributed by atoms with van der Waals surface area (Å²) in [4.78, 5) is 18.7. The van der Waals surface area contributed by atoms with Crippen LogP contribution in [0.5, 0.6) is 0 Å². The van der Waals surface area contributed by atoms with E-state index in [4.69, 9.17) is 12.2 Å². The fraction of sp³-hybridized carbons (Fsp3) is 0.545. The van der Waals surface area contributed by atoms with Crippen molar-refractivity contribution in [1.82, 2.24) is 9.80 Å². The van der Waals surface area contributed by atoms with Crippen LogP contribution in [0.15, 0.2) is 41.7 Å². The average Bonchev–Trinajstić information content (AvgIpc) is 2.55. The summed E-state index contributed by atoms with van der Waals surface area (Å²) in [6.07, 6.45) is 2.50. The molecule has 26 heavy (non-hydrogen) atoms. The monoisotopic (exact) mass is 370 g/mol. The largest absolute Gasteiger partial charge is 0.355 e. The minimum atomic E-state index is -0.0280. The number of Topliss-reactive ketones (excluding diaryl/α,β-unsaturated/α-hetero) is 1. The lowest BCUT2D eigenvalue weighted by molar-refractivity contribution is -0.117. The molecule has 4 heteroatoms. The quantitative estimate of drug-likeness (QED) is 0.574. The number of nitrogens with zero attached hydrogens (tertiary/aromatic N) is 2. The second-order valence-electron chi connectivity index (χ2n) is 8.61. The Hall–Kier alpha value is -1.68. The number of thiocarbonyl (C=S) groups is 1. The van der Waals surface area contributed by atoms with Crippen LogP contribution in [0, 0.1) is 5.41 Å². The number of carbonyl (C=O) groups excluding carboxylic acids is 1. The molecule has 3 rings (SSSR count). The summed E-state index contributed by atoms with van der Waals surface area (Å²) < 4.78 is 0. The van der Waals surface area contributed by atoms with Gasteiger partial charge < -0.3 is 9.80 Å². The zero-order valence-corrected chi connectivity index (χ0v) is 17.2. The maximum absolute atomic E-state index is 13.1. The Labute approximate surface area is 163 Å². The van der Waals surface area contributed by atoms with Gasteiger partial charge in [0.15, 0.2) is 5.78 Å². The molecule has 2 aliphatic rings. The predicted molar refractivity (Wildman–Crippen MR) is 111 cm³/mol. The van der Waals surface area contributed by atoms with Crippen LogP contribution < -0.4 is 0 Å². The minimum Gasteiger partial charge on any atom is -0.355 e. The summed E-state index contributed by atoms with van der Waals surface area (Å²) >= 11 is 5.76. The summed E-state index contributed by atoms with van der Waals surface area (Å²) in [6.45, 7) is 11.5. The summed E-state index contributed by atoms with van der Waals surface area (Å²) in [5.74, 6) is 1.28. The molecule has 3 nitrogen and oxygen atoms in total. The van der Waals surface area contributed by atoms with Gasteiger partial charge in [0.2, 0.25) is 0 Å². The van der Waals surface area contributed by atoms with E-state index >= 15 is 0 Å². The van der Waals surface area contributed by atoms with E-state index in [-0.39, 0.29) is 11.2 Å². The number of rotatable bonds is 3. The first-order chi connectivity index (χ1) is 12.3. The number of hydrogen-bond acceptors (Lipinski definition) is 4. The van der Waals surface area contributed by atoms with E-state index in [0.717, 1.165) is 48.7 Å². The summed E-state index contributed by atoms with van der Waals surface area (Å²) in [6, 6.07) is 10.8. The lowest BCUT2D eigenvalue weighted by atomic mass is 9.74. The molecule has 1 aliphatic carbocycles. The summed E-state index contributed by atoms with van der Waals surface area (Å²) in [7, 11) is 0. The molecule has 1 saturated heterocycles. The SMILES string of the molecule is CC(C)N1CCCN(Cc2ccccc2)/C1=C1\C(=O)CC(C)(C)CC1=S. The highest BCUT2D eigenvalue weighted by Gasteiger charge is 2.38. The highest BCUT2D eigenvalue weighted by atomic mass is 32.1. The zero-order chi connectivity index (χ0) is 18.9. The molecule has 1 saturated carbocycles. The van der Waals surface area contributed by atoms with Crippen LogP contribution >= 0.6 is 12.2 Å². The Morgan fingerprint density at radius 3 is 2.42 bits per heavy atom. The normalized spacial score (nSPS) is 23.7. The Morgan fingerprint density at radius 1 is 1.12 bits per heavy atom. The van der Waals surface area contributed by atoms with Gasteiger partial charge in [-0.25, -0.2) is 0 Å². The fourth-order valence-corrected chi connectivity index (χ4v) is 4.70. The molecule has 0 unspecified atom stereocenters. The van der Waals surface area contributed by atoms with Crippen LogP contribution in [0.3, 0.4) is 0 Å². The van der Waals surface area contributed by atoms with E-state index in [1.54, 1.807) is 0 Å². The molecule has 0 radical (unpaired) electrons. The minimum absolute atomic E-state index is 0.0280. The number of hydrogen-bond donors (Lipinski definition) is 0. The van der Waals surface area contributed by atoms with Crippen molar-refractivity contribution in [1.29, 1.82) is 0 Å². The number of benzene rings is 1. The van der Waals surface area contributed by atoms with E-state index in [1.165, 1.54) is 5.56 Å². The van der Waals surface area contributed by atoms with Crippen molar-refractivity contribution in [3.8, 4) is 0 Å². The molecule has 0 spiro atoms. The van der Waals surface area contributed by atoms with E-state index in [0.29, 0.717) is 12.5 Å². The standard InChI is InChI=1S/C22H30N2OS/c1-16(2)24-12-8-11-23(15-17-9-6-5-7-10-17)21(24)20-18(25)13-22(3,4)14-19(20)26/h5-7,9-10,16H,8,11-15H2,1-4H3/b21-20-. The van der Waals surface area contributed by atoms with Crippen molar-refractivity contribution in [2.45, 2.75) is 59.5 Å². The number of carbonyl (C=O) groups is 1. The van der Waals surface area contributed by atoms with Crippen LogP contribution in [0.25, 0.3) is 0 Å². The van der Waals surface area contributed by atoms with E-state index < -0.39 is 0 Å². The number of allylic oxidation sites excluding steroid dienone is 1. The molecule has 1 aliphatic heterocycles. The van der Waals surface area contributed by atoms with E-state index in [1.807, 2.05) is 6.07 Å². The van der Waals surface area contributed by atoms with Crippen molar-refractivity contribution in [3.63, 3.8) is 0 Å². The van der Waals surface area contributed by atoms with Crippen molar-refractivity contribution < 1.29 is 4.79 Å². The lowest BCUT2D eigenvalue weighted by Gasteiger charge is -2.45. The molecule has 1 heterocycles. The lowest BCUT2D eigenvalue weighted by Crippen LogP contribution is -2.48. The first-order valence-electron chi connectivity index (χ1n) is 9.65. The molecule has 0 N–H and O–H groups in total. The second kappa shape index (κ2) is 7.51. The van der Waals surface area contributed by atoms with E-state index in [2.05, 4.69) is 61.8 Å². The molecule has 0 amide bonds. The van der Waals surface area contributed by atoms with Crippen LogP contribution in [0.2, 0.25) is 0 Å². The molecule has 0 aromatic heterocycles. The molecular formula is C22H30N2OS. The zero-order valence-electron chi connectivity index (χ0n) is 16.4.